The summed E-state index contributed by atoms with van der Waals surface area (Å²) >= 11 is 0. The zero-order valence-corrected chi connectivity index (χ0v) is 17.0. The summed E-state index contributed by atoms with van der Waals surface area (Å²) in [5.41, 5.74) is 8.23. The molecule has 0 aliphatic rings. The fraction of sp³-hybridized carbons (Fsp3) is 0.261. The Morgan fingerprint density at radius 2 is 1.57 bits per heavy atom. The topological polar surface area (TPSA) is 111 Å². The molecule has 0 unspecified atom stereocenters. The molecule has 0 heterocycles. The van der Waals surface area contributed by atoms with Crippen molar-refractivity contribution in [2.45, 2.75) is 25.9 Å². The van der Waals surface area contributed by atoms with Crippen LogP contribution >= 0.6 is 0 Å². The van der Waals surface area contributed by atoms with E-state index in [4.69, 9.17) is 5.73 Å². The molecule has 2 rings (SSSR count). The van der Waals surface area contributed by atoms with Gasteiger partial charge < -0.3 is 21.1 Å². The third kappa shape index (κ3) is 6.76. The van der Waals surface area contributed by atoms with E-state index in [1.54, 1.807) is 31.2 Å². The number of benzene rings is 2. The van der Waals surface area contributed by atoms with Gasteiger partial charge >= 0.3 is 5.97 Å². The quantitative estimate of drug-likeness (QED) is 0.474. The lowest BCUT2D eigenvalue weighted by Gasteiger charge is -2.14. The third-order valence-corrected chi connectivity index (χ3v) is 4.33. The van der Waals surface area contributed by atoms with Gasteiger partial charge in [-0.2, -0.15) is 0 Å². The normalized spacial score (nSPS) is 10.9. The third-order valence-electron chi connectivity index (χ3n) is 4.33. The van der Waals surface area contributed by atoms with Crippen LogP contribution in [-0.4, -0.2) is 37.5 Å². The molecule has 2 aromatic carbocycles. The van der Waals surface area contributed by atoms with E-state index in [1.165, 1.54) is 7.11 Å². The van der Waals surface area contributed by atoms with Gasteiger partial charge in [0.05, 0.1) is 13.7 Å². The minimum absolute atomic E-state index is 0.0333. The van der Waals surface area contributed by atoms with Gasteiger partial charge in [-0.05, 0) is 48.4 Å². The lowest BCUT2D eigenvalue weighted by Crippen LogP contribution is -2.41. The SMILES string of the molecule is CC[C@H](NC(=O)c1ccc(C#Cc2ccc(CNC(=O)CN)cc2)cc1)C(=O)OC. The Labute approximate surface area is 176 Å². The first-order valence-electron chi connectivity index (χ1n) is 9.53. The molecule has 0 saturated carbocycles. The van der Waals surface area contributed by atoms with Gasteiger partial charge in [-0.1, -0.05) is 30.9 Å². The van der Waals surface area contributed by atoms with Crippen LogP contribution in [0, 0.1) is 11.8 Å². The van der Waals surface area contributed by atoms with Gasteiger partial charge in [-0.15, -0.1) is 0 Å². The van der Waals surface area contributed by atoms with E-state index in [9.17, 15) is 14.4 Å². The standard InChI is InChI=1S/C23H25N3O4/c1-3-20(23(29)30-2)26-22(28)19-12-10-17(11-13-19)5-4-16-6-8-18(9-7-16)15-25-21(27)14-24/h6-13,20H,3,14-15,24H2,1-2H3,(H,25,27)(H,26,28)/t20-/m0/s1. The van der Waals surface area contributed by atoms with Crippen LogP contribution in [0.25, 0.3) is 0 Å². The van der Waals surface area contributed by atoms with Crippen molar-refractivity contribution in [1.29, 1.82) is 0 Å². The summed E-state index contributed by atoms with van der Waals surface area (Å²) in [6.07, 6.45) is 0.445. The van der Waals surface area contributed by atoms with Crippen LogP contribution in [0.15, 0.2) is 48.5 Å². The van der Waals surface area contributed by atoms with E-state index in [0.717, 1.165) is 16.7 Å². The van der Waals surface area contributed by atoms with Crippen molar-refractivity contribution < 1.29 is 19.1 Å². The molecule has 2 aromatic rings. The molecule has 0 fully saturated rings. The zero-order valence-electron chi connectivity index (χ0n) is 17.0. The minimum atomic E-state index is -0.673. The number of nitrogens with two attached hydrogens (primary N) is 1. The van der Waals surface area contributed by atoms with Crippen molar-refractivity contribution >= 4 is 17.8 Å². The minimum Gasteiger partial charge on any atom is -0.467 e. The number of hydrogen-bond acceptors (Lipinski definition) is 5. The zero-order chi connectivity index (χ0) is 21.9. The molecule has 2 amide bonds. The first-order valence-corrected chi connectivity index (χ1v) is 9.53. The lowest BCUT2D eigenvalue weighted by molar-refractivity contribution is -0.142. The van der Waals surface area contributed by atoms with E-state index in [-0.39, 0.29) is 18.4 Å². The summed E-state index contributed by atoms with van der Waals surface area (Å²) in [7, 11) is 1.29. The maximum atomic E-state index is 12.3. The average molecular weight is 407 g/mol. The van der Waals surface area contributed by atoms with E-state index >= 15 is 0 Å². The summed E-state index contributed by atoms with van der Waals surface area (Å²) in [6.45, 7) is 2.18. The van der Waals surface area contributed by atoms with Crippen LogP contribution in [-0.2, 0) is 20.9 Å². The van der Waals surface area contributed by atoms with Crippen molar-refractivity contribution in [3.8, 4) is 11.8 Å². The fourth-order valence-electron chi connectivity index (χ4n) is 2.54. The number of nitrogens with one attached hydrogen (secondary N) is 2. The molecule has 4 N–H and O–H groups in total. The van der Waals surface area contributed by atoms with E-state index in [0.29, 0.717) is 18.5 Å². The highest BCUT2D eigenvalue weighted by atomic mass is 16.5. The molecular formula is C23H25N3O4. The molecule has 1 atom stereocenters. The van der Waals surface area contributed by atoms with Crippen LogP contribution in [0.3, 0.4) is 0 Å². The van der Waals surface area contributed by atoms with Gasteiger partial charge in [0.2, 0.25) is 5.91 Å². The second-order valence-electron chi connectivity index (χ2n) is 6.46. The summed E-state index contributed by atoms with van der Waals surface area (Å²) in [4.78, 5) is 35.1. The Morgan fingerprint density at radius 1 is 1.00 bits per heavy atom. The molecule has 0 aliphatic carbocycles. The number of methoxy groups -OCH3 is 1. The first kappa shape index (κ1) is 22.7. The Kier molecular flexibility index (Phi) is 8.60. The lowest BCUT2D eigenvalue weighted by atomic mass is 10.1. The van der Waals surface area contributed by atoms with Crippen LogP contribution in [0.1, 0.15) is 40.4 Å². The summed E-state index contributed by atoms with van der Waals surface area (Å²) in [6, 6.07) is 13.7. The van der Waals surface area contributed by atoms with Gasteiger partial charge in [-0.3, -0.25) is 9.59 Å². The predicted molar refractivity (Wildman–Crippen MR) is 113 cm³/mol. The molecule has 0 aliphatic heterocycles. The number of esters is 1. The number of hydrogen-bond donors (Lipinski definition) is 3. The first-order chi connectivity index (χ1) is 14.5. The summed E-state index contributed by atoms with van der Waals surface area (Å²) in [5, 5.41) is 5.36. The van der Waals surface area contributed by atoms with Gasteiger partial charge in [-0.25, -0.2) is 4.79 Å². The second-order valence-corrected chi connectivity index (χ2v) is 6.46. The Bertz CT molecular complexity index is 941. The Hall–Kier alpha value is -3.63. The maximum Gasteiger partial charge on any atom is 0.328 e. The van der Waals surface area contributed by atoms with Gasteiger partial charge in [0.15, 0.2) is 0 Å². The van der Waals surface area contributed by atoms with Crippen LogP contribution in [0.4, 0.5) is 0 Å². The highest BCUT2D eigenvalue weighted by Gasteiger charge is 2.19. The largest absolute Gasteiger partial charge is 0.467 e. The number of carbonyl (C=O) groups is 3. The average Bonchev–Trinajstić information content (AvgIpc) is 2.79. The van der Waals surface area contributed by atoms with Crippen molar-refractivity contribution in [1.82, 2.24) is 10.6 Å². The highest BCUT2D eigenvalue weighted by Crippen LogP contribution is 2.07. The van der Waals surface area contributed by atoms with E-state index in [2.05, 4.69) is 27.2 Å². The number of ether oxygens (including phenoxy) is 1. The van der Waals surface area contributed by atoms with Crippen LogP contribution < -0.4 is 16.4 Å². The molecule has 0 aromatic heterocycles. The number of amides is 2. The molecule has 0 bridgehead atoms. The monoisotopic (exact) mass is 407 g/mol. The maximum absolute atomic E-state index is 12.3. The number of rotatable bonds is 7. The summed E-state index contributed by atoms with van der Waals surface area (Å²) < 4.78 is 4.67. The molecule has 156 valence electrons. The smallest absolute Gasteiger partial charge is 0.328 e. The van der Waals surface area contributed by atoms with Gasteiger partial charge in [0.25, 0.3) is 5.91 Å². The molecule has 30 heavy (non-hydrogen) atoms. The molecule has 0 spiro atoms. The van der Waals surface area contributed by atoms with Crippen LogP contribution in [0.5, 0.6) is 0 Å². The van der Waals surface area contributed by atoms with Crippen molar-refractivity contribution in [2.75, 3.05) is 13.7 Å². The van der Waals surface area contributed by atoms with E-state index in [1.807, 2.05) is 24.3 Å². The van der Waals surface area contributed by atoms with Crippen molar-refractivity contribution in [3.63, 3.8) is 0 Å². The Balaban J connectivity index is 1.98. The predicted octanol–water partition coefficient (Wildman–Crippen LogP) is 1.34. The Morgan fingerprint density at radius 3 is 2.07 bits per heavy atom. The molecular weight excluding hydrogens is 382 g/mol. The van der Waals surface area contributed by atoms with Gasteiger partial charge in [0.1, 0.15) is 6.04 Å². The van der Waals surface area contributed by atoms with Crippen molar-refractivity contribution in [2.24, 2.45) is 5.73 Å². The van der Waals surface area contributed by atoms with Gasteiger partial charge in [0, 0.05) is 23.2 Å². The fourth-order valence-corrected chi connectivity index (χ4v) is 2.54. The molecule has 0 saturated heterocycles. The van der Waals surface area contributed by atoms with E-state index < -0.39 is 12.0 Å². The van der Waals surface area contributed by atoms with Crippen molar-refractivity contribution in [3.05, 3.63) is 70.8 Å². The molecule has 7 nitrogen and oxygen atoms in total. The summed E-state index contributed by atoms with van der Waals surface area (Å²) in [5.74, 6) is 5.08. The second kappa shape index (κ2) is 11.4. The molecule has 7 heteroatoms. The highest BCUT2D eigenvalue weighted by molar-refractivity contribution is 5.96. The van der Waals surface area contributed by atoms with Crippen LogP contribution in [0.2, 0.25) is 0 Å². The molecule has 0 radical (unpaired) electrons. The number of carbonyl (C=O) groups excluding carboxylic acids is 3.